The summed E-state index contributed by atoms with van der Waals surface area (Å²) in [6.45, 7) is 6.08. The fourth-order valence-corrected chi connectivity index (χ4v) is 3.26. The van der Waals surface area contributed by atoms with Gasteiger partial charge in [0.05, 0.1) is 6.61 Å². The highest BCUT2D eigenvalue weighted by Crippen LogP contribution is 2.19. The topological polar surface area (TPSA) is 98.0 Å². The van der Waals surface area contributed by atoms with Crippen LogP contribution in [0.3, 0.4) is 0 Å². The van der Waals surface area contributed by atoms with Crippen LogP contribution in [0.1, 0.15) is 59.3 Å². The maximum absolute atomic E-state index is 11.7. The molecule has 0 saturated heterocycles. The average molecular weight is 387 g/mol. The van der Waals surface area contributed by atoms with Crippen molar-refractivity contribution in [1.29, 1.82) is 0 Å². The highest BCUT2D eigenvalue weighted by Gasteiger charge is 2.41. The summed E-state index contributed by atoms with van der Waals surface area (Å²) in [5.41, 5.74) is 0. The van der Waals surface area contributed by atoms with Crippen molar-refractivity contribution in [3.05, 3.63) is 24.3 Å². The SMILES string of the molecule is CCC/C=C/CC(O)C[N+](CCO)(CC(O)C/C=C/CCC)C(C)C(=O)O. The van der Waals surface area contributed by atoms with Crippen molar-refractivity contribution in [2.75, 3.05) is 26.2 Å². The van der Waals surface area contributed by atoms with Gasteiger partial charge in [-0.05, 0) is 32.6 Å². The van der Waals surface area contributed by atoms with Crippen LogP contribution in [0.15, 0.2) is 24.3 Å². The molecule has 0 heterocycles. The molecule has 0 aromatic rings. The lowest BCUT2D eigenvalue weighted by Crippen LogP contribution is -2.63. The number of aliphatic hydroxyl groups excluding tert-OH is 3. The van der Waals surface area contributed by atoms with Crippen molar-refractivity contribution in [2.24, 2.45) is 0 Å². The first kappa shape index (κ1) is 25.8. The molecule has 0 fully saturated rings. The van der Waals surface area contributed by atoms with Gasteiger partial charge in [-0.15, -0.1) is 0 Å². The van der Waals surface area contributed by atoms with Crippen molar-refractivity contribution >= 4 is 5.97 Å². The van der Waals surface area contributed by atoms with Crippen LogP contribution in [0.5, 0.6) is 0 Å². The zero-order chi connectivity index (χ0) is 20.7. The van der Waals surface area contributed by atoms with Gasteiger partial charge in [0.25, 0.3) is 0 Å². The van der Waals surface area contributed by atoms with E-state index in [0.29, 0.717) is 12.8 Å². The maximum atomic E-state index is 11.7. The molecule has 3 atom stereocenters. The Morgan fingerprint density at radius 2 is 1.37 bits per heavy atom. The van der Waals surface area contributed by atoms with E-state index in [1.54, 1.807) is 6.92 Å². The second kappa shape index (κ2) is 14.8. The number of carboxylic acid groups (broad SMARTS) is 1. The van der Waals surface area contributed by atoms with Crippen LogP contribution in [0.25, 0.3) is 0 Å². The van der Waals surface area contributed by atoms with Crippen molar-refractivity contribution in [3.63, 3.8) is 0 Å². The third-order valence-electron chi connectivity index (χ3n) is 4.93. The van der Waals surface area contributed by atoms with E-state index in [0.717, 1.165) is 25.7 Å². The molecular weight excluding hydrogens is 346 g/mol. The number of aliphatic hydroxyl groups is 3. The highest BCUT2D eigenvalue weighted by atomic mass is 16.4. The van der Waals surface area contributed by atoms with Crippen LogP contribution >= 0.6 is 0 Å². The zero-order valence-electron chi connectivity index (χ0n) is 17.3. The van der Waals surface area contributed by atoms with Gasteiger partial charge in [0.1, 0.15) is 31.8 Å². The molecular formula is C21H40NO5+. The van der Waals surface area contributed by atoms with Gasteiger partial charge < -0.3 is 24.9 Å². The van der Waals surface area contributed by atoms with Gasteiger partial charge in [0.2, 0.25) is 0 Å². The average Bonchev–Trinajstić information content (AvgIpc) is 2.61. The smallest absolute Gasteiger partial charge is 0.362 e. The second-order valence-corrected chi connectivity index (χ2v) is 7.34. The van der Waals surface area contributed by atoms with E-state index in [1.165, 1.54) is 0 Å². The summed E-state index contributed by atoms with van der Waals surface area (Å²) in [6.07, 6.45) is 11.2. The number of hydrogen-bond donors (Lipinski definition) is 4. The lowest BCUT2D eigenvalue weighted by molar-refractivity contribution is -0.947. The minimum absolute atomic E-state index is 0.0442. The highest BCUT2D eigenvalue weighted by molar-refractivity contribution is 5.71. The largest absolute Gasteiger partial charge is 0.477 e. The van der Waals surface area contributed by atoms with Crippen LogP contribution in [-0.4, -0.2) is 75.4 Å². The normalized spacial score (nSPS) is 17.9. The minimum atomic E-state index is -0.995. The number of unbranched alkanes of at least 4 members (excludes halogenated alkanes) is 2. The number of carbonyl (C=O) groups is 1. The van der Waals surface area contributed by atoms with Gasteiger partial charge in [-0.25, -0.2) is 4.79 Å². The maximum Gasteiger partial charge on any atom is 0.362 e. The lowest BCUT2D eigenvalue weighted by atomic mass is 10.1. The summed E-state index contributed by atoms with van der Waals surface area (Å²) >= 11 is 0. The van der Waals surface area contributed by atoms with E-state index < -0.39 is 24.2 Å². The monoisotopic (exact) mass is 386 g/mol. The molecule has 0 aliphatic heterocycles. The third-order valence-corrected chi connectivity index (χ3v) is 4.93. The van der Waals surface area contributed by atoms with E-state index in [2.05, 4.69) is 13.8 Å². The number of rotatable bonds is 16. The molecule has 0 saturated carbocycles. The Bertz CT molecular complexity index is 424. The molecule has 0 radical (unpaired) electrons. The van der Waals surface area contributed by atoms with Crippen LogP contribution in [0, 0.1) is 0 Å². The number of quaternary nitrogens is 1. The number of allylic oxidation sites excluding steroid dienone is 2. The molecule has 0 amide bonds. The molecule has 27 heavy (non-hydrogen) atoms. The first-order chi connectivity index (χ1) is 12.8. The van der Waals surface area contributed by atoms with Crippen LogP contribution < -0.4 is 0 Å². The summed E-state index contributed by atoms with van der Waals surface area (Å²) in [5, 5.41) is 40.1. The Hall–Kier alpha value is -1.21. The van der Waals surface area contributed by atoms with E-state index >= 15 is 0 Å². The summed E-state index contributed by atoms with van der Waals surface area (Å²) < 4.78 is -0.0442. The number of hydrogen-bond acceptors (Lipinski definition) is 4. The Balaban J connectivity index is 5.24. The van der Waals surface area contributed by atoms with E-state index in [-0.39, 0.29) is 30.7 Å². The van der Waals surface area contributed by atoms with Crippen LogP contribution in [0.2, 0.25) is 0 Å². The minimum Gasteiger partial charge on any atom is -0.477 e. The van der Waals surface area contributed by atoms with Gasteiger partial charge in [0, 0.05) is 0 Å². The Labute approximate surface area is 164 Å². The van der Waals surface area contributed by atoms with E-state index in [1.807, 2.05) is 24.3 Å². The van der Waals surface area contributed by atoms with E-state index in [9.17, 15) is 25.2 Å². The molecule has 0 spiro atoms. The molecule has 3 unspecified atom stereocenters. The van der Waals surface area contributed by atoms with Gasteiger partial charge >= 0.3 is 5.97 Å². The molecule has 0 aliphatic rings. The van der Waals surface area contributed by atoms with Crippen molar-refractivity contribution in [3.8, 4) is 0 Å². The predicted octanol–water partition coefficient (Wildman–Crippen LogP) is 2.48. The quantitative estimate of drug-likeness (QED) is 0.241. The summed E-state index contributed by atoms with van der Waals surface area (Å²) in [4.78, 5) is 11.7. The van der Waals surface area contributed by atoms with Crippen LogP contribution in [-0.2, 0) is 4.79 Å². The molecule has 0 bridgehead atoms. The summed E-state index contributed by atoms with van der Waals surface area (Å²) in [5.74, 6) is -0.995. The van der Waals surface area contributed by atoms with Crippen LogP contribution in [0.4, 0.5) is 0 Å². The van der Waals surface area contributed by atoms with Crippen molar-refractivity contribution in [2.45, 2.75) is 77.5 Å². The van der Waals surface area contributed by atoms with Gasteiger partial charge in [-0.1, -0.05) is 51.0 Å². The molecule has 0 rings (SSSR count). The molecule has 158 valence electrons. The predicted molar refractivity (Wildman–Crippen MR) is 108 cm³/mol. The first-order valence-electron chi connectivity index (χ1n) is 10.2. The Morgan fingerprint density at radius 3 is 1.70 bits per heavy atom. The fourth-order valence-electron chi connectivity index (χ4n) is 3.26. The molecule has 0 aromatic heterocycles. The summed E-state index contributed by atoms with van der Waals surface area (Å²) in [7, 11) is 0. The number of carboxylic acids is 1. The van der Waals surface area contributed by atoms with Gasteiger partial charge in [0.15, 0.2) is 6.04 Å². The van der Waals surface area contributed by atoms with Gasteiger partial charge in [-0.2, -0.15) is 0 Å². The standard InChI is InChI=1S/C21H39NO5/c1-4-6-8-10-12-19(24)16-22(14-15-23,18(3)21(26)27)17-20(25)13-11-9-7-5-2/h8-11,18-20,23-25H,4-7,12-17H2,1-3H3/p+1/b10-8+,11-9+. The Kier molecular flexibility index (Phi) is 14.1. The summed E-state index contributed by atoms with van der Waals surface area (Å²) in [6, 6.07) is -0.833. The number of aliphatic carboxylic acids is 1. The Morgan fingerprint density at radius 1 is 0.926 bits per heavy atom. The molecule has 4 N–H and O–H groups in total. The zero-order valence-corrected chi connectivity index (χ0v) is 17.3. The second-order valence-electron chi connectivity index (χ2n) is 7.34. The fraction of sp³-hybridized carbons (Fsp3) is 0.762. The van der Waals surface area contributed by atoms with E-state index in [4.69, 9.17) is 0 Å². The third kappa shape index (κ3) is 10.6. The van der Waals surface area contributed by atoms with Crippen molar-refractivity contribution < 1.29 is 29.7 Å². The molecule has 0 aromatic carbocycles. The molecule has 6 nitrogen and oxygen atoms in total. The van der Waals surface area contributed by atoms with Gasteiger partial charge in [-0.3, -0.25) is 0 Å². The van der Waals surface area contributed by atoms with Crippen molar-refractivity contribution in [1.82, 2.24) is 0 Å². The molecule has 6 heteroatoms. The number of nitrogens with zero attached hydrogens (tertiary/aromatic N) is 1. The molecule has 0 aliphatic carbocycles. The first-order valence-corrected chi connectivity index (χ1v) is 10.2. The lowest BCUT2D eigenvalue weighted by Gasteiger charge is -2.43.